The van der Waals surface area contributed by atoms with Crippen LogP contribution in [0.2, 0.25) is 0 Å². The fourth-order valence-electron chi connectivity index (χ4n) is 1.46. The second-order valence-corrected chi connectivity index (χ2v) is 4.31. The molecule has 0 aliphatic rings. The van der Waals surface area contributed by atoms with Crippen LogP contribution in [0.3, 0.4) is 0 Å². The zero-order valence-electron chi connectivity index (χ0n) is 10.4. The molecule has 0 radical (unpaired) electrons. The highest BCUT2D eigenvalue weighted by molar-refractivity contribution is 5.57. The summed E-state index contributed by atoms with van der Waals surface area (Å²) in [5.74, 6) is 0.430. The van der Waals surface area contributed by atoms with Crippen LogP contribution in [0.15, 0.2) is 22.7 Å². The van der Waals surface area contributed by atoms with Crippen molar-refractivity contribution in [3.8, 4) is 11.5 Å². The molecule has 96 valence electrons. The van der Waals surface area contributed by atoms with Gasteiger partial charge in [-0.3, -0.25) is 0 Å². The summed E-state index contributed by atoms with van der Waals surface area (Å²) in [5.41, 5.74) is 6.04. The van der Waals surface area contributed by atoms with Gasteiger partial charge >= 0.3 is 0 Å². The molecule has 0 atom stereocenters. The quantitative estimate of drug-likeness (QED) is 0.834. The van der Waals surface area contributed by atoms with Crippen molar-refractivity contribution >= 4 is 5.69 Å². The molecule has 0 amide bonds. The van der Waals surface area contributed by atoms with Gasteiger partial charge in [0, 0.05) is 18.5 Å². The Morgan fingerprint density at radius 2 is 2.17 bits per heavy atom. The van der Waals surface area contributed by atoms with E-state index in [2.05, 4.69) is 10.1 Å². The zero-order chi connectivity index (χ0) is 13.1. The lowest BCUT2D eigenvalue weighted by Crippen LogP contribution is -2.15. The third-order valence-electron chi connectivity index (χ3n) is 2.50. The minimum absolute atomic E-state index is 0.103. The molecule has 18 heavy (non-hydrogen) atoms. The number of rotatable bonds is 4. The largest absolute Gasteiger partial charge is 0.396 e. The molecule has 2 N–H and O–H groups in total. The van der Waals surface area contributed by atoms with E-state index in [-0.39, 0.29) is 5.69 Å². The topological polar surface area (TPSA) is 68.2 Å². The van der Waals surface area contributed by atoms with E-state index in [1.807, 2.05) is 19.0 Å². The SMILES string of the molecule is CN(C)CCc1noc(-c2ccc(N)c(F)c2)n1. The molecule has 0 saturated heterocycles. The van der Waals surface area contributed by atoms with Crippen molar-refractivity contribution in [2.75, 3.05) is 26.4 Å². The number of nitrogens with two attached hydrogens (primary N) is 1. The van der Waals surface area contributed by atoms with Crippen molar-refractivity contribution in [2.24, 2.45) is 0 Å². The first-order chi connectivity index (χ1) is 8.56. The van der Waals surface area contributed by atoms with Crippen LogP contribution in [0.25, 0.3) is 11.5 Å². The lowest BCUT2D eigenvalue weighted by atomic mass is 10.2. The Morgan fingerprint density at radius 1 is 1.39 bits per heavy atom. The van der Waals surface area contributed by atoms with E-state index < -0.39 is 5.82 Å². The molecule has 0 bridgehead atoms. The van der Waals surface area contributed by atoms with Crippen LogP contribution in [-0.4, -0.2) is 35.7 Å². The first-order valence-electron chi connectivity index (χ1n) is 5.59. The van der Waals surface area contributed by atoms with Gasteiger partial charge in [0.2, 0.25) is 0 Å². The van der Waals surface area contributed by atoms with E-state index >= 15 is 0 Å². The van der Waals surface area contributed by atoms with Crippen molar-refractivity contribution in [1.29, 1.82) is 0 Å². The Balaban J connectivity index is 2.16. The normalized spacial score (nSPS) is 11.1. The zero-order valence-corrected chi connectivity index (χ0v) is 10.4. The van der Waals surface area contributed by atoms with Crippen molar-refractivity contribution in [3.05, 3.63) is 29.8 Å². The van der Waals surface area contributed by atoms with Gasteiger partial charge in [-0.25, -0.2) is 4.39 Å². The van der Waals surface area contributed by atoms with Gasteiger partial charge in [0.15, 0.2) is 5.82 Å². The number of anilines is 1. The van der Waals surface area contributed by atoms with Gasteiger partial charge < -0.3 is 15.2 Å². The van der Waals surface area contributed by atoms with Crippen molar-refractivity contribution < 1.29 is 8.91 Å². The van der Waals surface area contributed by atoms with E-state index in [0.717, 1.165) is 6.54 Å². The molecule has 5 nitrogen and oxygen atoms in total. The first-order valence-corrected chi connectivity index (χ1v) is 5.59. The third-order valence-corrected chi connectivity index (χ3v) is 2.50. The molecule has 1 aromatic carbocycles. The Bertz CT molecular complexity index is 539. The van der Waals surface area contributed by atoms with E-state index in [1.165, 1.54) is 12.1 Å². The lowest BCUT2D eigenvalue weighted by molar-refractivity contribution is 0.392. The summed E-state index contributed by atoms with van der Waals surface area (Å²) in [6.45, 7) is 0.828. The van der Waals surface area contributed by atoms with Crippen LogP contribution in [0.5, 0.6) is 0 Å². The fraction of sp³-hybridized carbons (Fsp3) is 0.333. The molecule has 0 unspecified atom stereocenters. The average molecular weight is 250 g/mol. The molecule has 1 heterocycles. The molecule has 0 saturated carbocycles. The highest BCUT2D eigenvalue weighted by atomic mass is 19.1. The molecule has 2 rings (SSSR count). The summed E-state index contributed by atoms with van der Waals surface area (Å²) < 4.78 is 18.4. The third kappa shape index (κ3) is 2.84. The molecule has 0 spiro atoms. The molecule has 0 aliphatic heterocycles. The second-order valence-electron chi connectivity index (χ2n) is 4.31. The summed E-state index contributed by atoms with van der Waals surface area (Å²) in [7, 11) is 3.94. The summed E-state index contributed by atoms with van der Waals surface area (Å²) in [4.78, 5) is 6.24. The summed E-state index contributed by atoms with van der Waals surface area (Å²) in [6, 6.07) is 4.43. The number of hydrogen-bond donors (Lipinski definition) is 1. The van der Waals surface area contributed by atoms with Crippen LogP contribution in [0.1, 0.15) is 5.82 Å². The van der Waals surface area contributed by atoms with Crippen LogP contribution in [-0.2, 0) is 6.42 Å². The van der Waals surface area contributed by atoms with Crippen molar-refractivity contribution in [2.45, 2.75) is 6.42 Å². The maximum Gasteiger partial charge on any atom is 0.258 e. The summed E-state index contributed by atoms with van der Waals surface area (Å²) in [5, 5.41) is 3.85. The van der Waals surface area contributed by atoms with Crippen molar-refractivity contribution in [3.63, 3.8) is 0 Å². The molecule has 2 aromatic rings. The predicted octanol–water partition coefficient (Wildman–Crippen LogP) is 1.56. The molecule has 0 aliphatic carbocycles. The maximum atomic E-state index is 13.3. The molecule has 0 fully saturated rings. The lowest BCUT2D eigenvalue weighted by Gasteiger charge is -2.05. The molecule has 1 aromatic heterocycles. The minimum Gasteiger partial charge on any atom is -0.396 e. The Labute approximate surface area is 104 Å². The monoisotopic (exact) mass is 250 g/mol. The van der Waals surface area contributed by atoms with E-state index in [0.29, 0.717) is 23.7 Å². The van der Waals surface area contributed by atoms with E-state index in [9.17, 15) is 4.39 Å². The van der Waals surface area contributed by atoms with Gasteiger partial charge in [0.05, 0.1) is 5.69 Å². The van der Waals surface area contributed by atoms with Crippen LogP contribution in [0.4, 0.5) is 10.1 Å². The smallest absolute Gasteiger partial charge is 0.258 e. The van der Waals surface area contributed by atoms with Gasteiger partial charge in [-0.1, -0.05) is 5.16 Å². The van der Waals surface area contributed by atoms with Gasteiger partial charge in [-0.05, 0) is 32.3 Å². The van der Waals surface area contributed by atoms with E-state index in [1.54, 1.807) is 6.07 Å². The Hall–Kier alpha value is -1.95. The number of hydrogen-bond acceptors (Lipinski definition) is 5. The van der Waals surface area contributed by atoms with Gasteiger partial charge in [0.25, 0.3) is 5.89 Å². The summed E-state index contributed by atoms with van der Waals surface area (Å²) >= 11 is 0. The number of nitrogens with zero attached hydrogens (tertiary/aromatic N) is 3. The number of aromatic nitrogens is 2. The fourth-order valence-corrected chi connectivity index (χ4v) is 1.46. The Kier molecular flexibility index (Phi) is 3.57. The van der Waals surface area contributed by atoms with Gasteiger partial charge in [-0.15, -0.1) is 0 Å². The van der Waals surface area contributed by atoms with Gasteiger partial charge in [-0.2, -0.15) is 4.98 Å². The maximum absolute atomic E-state index is 13.3. The number of likely N-dealkylation sites (N-methyl/N-ethyl adjacent to an activating group) is 1. The number of nitrogen functional groups attached to an aromatic ring is 1. The van der Waals surface area contributed by atoms with E-state index in [4.69, 9.17) is 10.3 Å². The second kappa shape index (κ2) is 5.14. The number of benzene rings is 1. The van der Waals surface area contributed by atoms with Crippen LogP contribution >= 0.6 is 0 Å². The predicted molar refractivity (Wildman–Crippen MR) is 66.4 cm³/mol. The molecule has 6 heteroatoms. The highest BCUT2D eigenvalue weighted by Gasteiger charge is 2.10. The standard InChI is InChI=1S/C12H15FN4O/c1-17(2)6-5-11-15-12(18-16-11)8-3-4-10(14)9(13)7-8/h3-4,7H,5-6,14H2,1-2H3. The van der Waals surface area contributed by atoms with Gasteiger partial charge in [0.1, 0.15) is 5.82 Å². The first kappa shape index (κ1) is 12.5. The average Bonchev–Trinajstić information content (AvgIpc) is 2.79. The van der Waals surface area contributed by atoms with Crippen LogP contribution in [0, 0.1) is 5.82 Å². The summed E-state index contributed by atoms with van der Waals surface area (Å²) in [6.07, 6.45) is 0.688. The highest BCUT2D eigenvalue weighted by Crippen LogP contribution is 2.21. The molecular weight excluding hydrogens is 235 g/mol. The minimum atomic E-state index is -0.486. The van der Waals surface area contributed by atoms with Crippen LogP contribution < -0.4 is 5.73 Å². The van der Waals surface area contributed by atoms with Crippen molar-refractivity contribution in [1.82, 2.24) is 15.0 Å². The Morgan fingerprint density at radius 3 is 2.83 bits per heavy atom. The molecular formula is C12H15FN4O. The number of halogens is 1.